The molecular weight excluding hydrogens is 1880 g/mol. The third kappa shape index (κ3) is 28.8. The summed E-state index contributed by atoms with van der Waals surface area (Å²) in [6.07, 6.45) is 0. The molecule has 0 spiro atoms. The Morgan fingerprint density at radius 3 is 0.662 bits per heavy atom. The first kappa shape index (κ1) is 113. The molecule has 0 unspecified atom stereocenters. The first-order valence-corrected chi connectivity index (χ1v) is 48.6. The monoisotopic (exact) mass is 2000 g/mol. The number of halogens is 15. The highest BCUT2D eigenvalue weighted by Crippen LogP contribution is 2.39. The Balaban J connectivity index is 0.000000161. The first-order valence-electron chi connectivity index (χ1n) is 48.6. The van der Waals surface area contributed by atoms with E-state index in [9.17, 15) is 65.9 Å². The lowest BCUT2D eigenvalue weighted by atomic mass is 9.93. The maximum atomic E-state index is 14.0. The summed E-state index contributed by atoms with van der Waals surface area (Å²) in [5.74, 6) is -8.72. The molecule has 18 aromatic rings. The Morgan fingerprint density at radius 1 is 0.101 bits per heavy atom. The van der Waals surface area contributed by atoms with Crippen molar-refractivity contribution in [1.29, 1.82) is 0 Å². The van der Waals surface area contributed by atoms with Crippen LogP contribution < -0.4 is 0 Å². The molecule has 0 aliphatic heterocycles. The van der Waals surface area contributed by atoms with Gasteiger partial charge in [-0.3, -0.25) is 0 Å². The van der Waals surface area contributed by atoms with Gasteiger partial charge in [0, 0.05) is 27.8 Å². The van der Waals surface area contributed by atoms with Crippen LogP contribution in [0.2, 0.25) is 0 Å². The number of benzene rings is 18. The highest BCUT2D eigenvalue weighted by atomic mass is 19.2. The molecule has 0 amide bonds. The van der Waals surface area contributed by atoms with Crippen LogP contribution in [0.25, 0.3) is 111 Å². The van der Waals surface area contributed by atoms with Gasteiger partial charge in [0.15, 0.2) is 0 Å². The van der Waals surface area contributed by atoms with Gasteiger partial charge in [-0.25, -0.2) is 65.9 Å². The second-order valence-electron chi connectivity index (χ2n) is 38.6. The zero-order valence-electron chi connectivity index (χ0n) is 88.4. The molecule has 18 aromatic carbocycles. The van der Waals surface area contributed by atoms with Gasteiger partial charge in [0.1, 0.15) is 87.3 Å². The zero-order chi connectivity index (χ0) is 109. The van der Waals surface area contributed by atoms with E-state index in [-0.39, 0.29) is 50.6 Å². The van der Waals surface area contributed by atoms with Gasteiger partial charge in [-0.2, -0.15) is 0 Å². The van der Waals surface area contributed by atoms with Crippen molar-refractivity contribution in [3.05, 3.63) is 518 Å². The van der Waals surface area contributed by atoms with Crippen LogP contribution >= 0.6 is 0 Å². The van der Waals surface area contributed by atoms with E-state index in [1.165, 1.54) is 196 Å². The van der Waals surface area contributed by atoms with E-state index in [0.717, 1.165) is 91.5 Å². The second kappa shape index (κ2) is 49.9. The molecule has 0 fully saturated rings. The fraction of sp³-hybridized carbons (Fsp3) is 0.188. The topological polar surface area (TPSA) is 0 Å². The molecular formula is C133H123F15. The van der Waals surface area contributed by atoms with E-state index < -0.39 is 81.2 Å². The molecule has 0 aliphatic carbocycles. The van der Waals surface area contributed by atoms with E-state index in [1.54, 1.807) is 57.2 Å². The second-order valence-corrected chi connectivity index (χ2v) is 38.6. The Morgan fingerprint density at radius 2 is 0.318 bits per heavy atom. The van der Waals surface area contributed by atoms with Crippen LogP contribution in [-0.4, -0.2) is 0 Å². The van der Waals surface area contributed by atoms with Crippen LogP contribution in [0.3, 0.4) is 0 Å². The van der Waals surface area contributed by atoms with E-state index in [0.29, 0.717) is 50.1 Å². The molecule has 0 radical (unpaired) electrons. The minimum absolute atomic E-state index is 0.00657. The van der Waals surface area contributed by atoms with Crippen molar-refractivity contribution in [3.8, 4) is 111 Å². The van der Waals surface area contributed by atoms with Crippen molar-refractivity contribution in [2.75, 3.05) is 0 Å². The molecule has 18 rings (SSSR count). The Bertz CT molecular complexity index is 7370. The summed E-state index contributed by atoms with van der Waals surface area (Å²) in [5.41, 5.74) is 37.2. The van der Waals surface area contributed by atoms with Crippen LogP contribution in [0.5, 0.6) is 0 Å². The summed E-state index contributed by atoms with van der Waals surface area (Å²) in [5, 5.41) is 0. The molecule has 0 saturated heterocycles. The lowest BCUT2D eigenvalue weighted by Gasteiger charge is -2.12. The normalized spacial score (nSPS) is 10.7. The third-order valence-corrected chi connectivity index (χ3v) is 26.3. The Hall–Kier alpha value is -15.1. The SMILES string of the molecule is Cc1cc(-c2cc(F)c(C)c(F)c2)cc(C)c1C.Cc1cc(C)c(-c2cc(F)c(C)c(F)c2)c(C)c1.Cc1cc(C)c(-c2ccc(C)c(F)c2)c(C)c1.Cc1cc(F)c(-c2cc(F)c(C)c(F)c2)c(F)c1.Cc1cc(F)c(-c2ccc(C)c(F)c2)c(F)c1.Cc1ccc(-c2c(C)cc(C)cc2C)cc1.Cc1ccc(-c2ccc(-c3cc(F)c(C)c(F)c3)cc2)c(F)c1.Cc1ccc(-c2ccc(-c3ccc(C)cc3)c(C)c2)cc1. The van der Waals surface area contributed by atoms with Crippen molar-refractivity contribution >= 4 is 0 Å². The van der Waals surface area contributed by atoms with Crippen molar-refractivity contribution in [1.82, 2.24) is 0 Å². The summed E-state index contributed by atoms with van der Waals surface area (Å²) in [6, 6.07) is 86.1. The van der Waals surface area contributed by atoms with Gasteiger partial charge in [0.2, 0.25) is 0 Å². The standard InChI is InChI=1S/C21H20.C20H15F3.2C16H16F2.C16H17F.C16H18.C14H10F4.C14H11F3/c1-15-4-8-18(9-5-15)20-12-13-21(17(3)14-20)19-10-6-16(2)7-11-19;1-12-3-8-17(20(23)9-12)15-6-4-14(5-7-15)16-10-18(21)13(2)19(22)11-16;1-9-5-13(6-10(2)11(9)3)14-7-15(17)12(4)16(18)8-14;1-9-5-10(2)16(11(3)6-9)13-7-14(17)12(4)15(18)8-13;1-10-7-12(3)16(13(4)8-10)14-6-5-11(2)15(17)9-14;1-11-5-7-15(8-6-11)16-13(3)9-12(2)10-14(16)4;1-7-3-12(17)14(13(18)4-7)9-5-10(15)8(2)11(16)6-9;1-8-5-12(16)14(13(17)6-8)10-4-3-9(2)11(15)7-10/h4-14H,1-3H3;3-11H,1-2H3;2*5-8H,1-4H3;5-9H,1-4H3;5-10H,1-4H3;3-6H,1-2H3;3-7H,1-2H3. The van der Waals surface area contributed by atoms with E-state index in [4.69, 9.17) is 0 Å². The highest BCUT2D eigenvalue weighted by molar-refractivity contribution is 5.79. The van der Waals surface area contributed by atoms with E-state index >= 15 is 0 Å². The average molecular weight is 2010 g/mol. The van der Waals surface area contributed by atoms with Crippen molar-refractivity contribution in [2.24, 2.45) is 0 Å². The zero-order valence-corrected chi connectivity index (χ0v) is 88.4. The molecule has 148 heavy (non-hydrogen) atoms. The third-order valence-electron chi connectivity index (χ3n) is 26.3. The molecule has 0 saturated carbocycles. The minimum atomic E-state index is -0.838. The van der Waals surface area contributed by atoms with Gasteiger partial charge in [-0.15, -0.1) is 0 Å². The quantitative estimate of drug-likeness (QED) is 0.120. The molecule has 0 atom stereocenters. The van der Waals surface area contributed by atoms with E-state index in [2.05, 4.69) is 184 Å². The van der Waals surface area contributed by atoms with Gasteiger partial charge in [0.25, 0.3) is 0 Å². The number of hydrogen-bond acceptors (Lipinski definition) is 0. The van der Waals surface area contributed by atoms with Crippen LogP contribution in [0.1, 0.15) is 139 Å². The van der Waals surface area contributed by atoms with Gasteiger partial charge in [0.05, 0.1) is 11.1 Å². The Labute approximate surface area is 862 Å². The van der Waals surface area contributed by atoms with Gasteiger partial charge < -0.3 is 0 Å². The molecule has 0 aliphatic rings. The van der Waals surface area contributed by atoms with Gasteiger partial charge >= 0.3 is 0 Å². The predicted octanol–water partition coefficient (Wildman–Crippen LogP) is 40.0. The molecule has 15 heteroatoms. The predicted molar refractivity (Wildman–Crippen MR) is 584 cm³/mol. The van der Waals surface area contributed by atoms with Gasteiger partial charge in [-0.05, 0) is 442 Å². The Kier molecular flexibility index (Phi) is 38.2. The maximum absolute atomic E-state index is 14.0. The van der Waals surface area contributed by atoms with Crippen molar-refractivity contribution < 1.29 is 65.9 Å². The molecule has 0 aromatic heterocycles. The molecule has 0 bridgehead atoms. The average Bonchev–Trinajstić information content (AvgIpc) is 0.769. The fourth-order valence-corrected chi connectivity index (χ4v) is 17.8. The fourth-order valence-electron chi connectivity index (χ4n) is 17.8. The maximum Gasteiger partial charge on any atom is 0.134 e. The molecule has 0 N–H and O–H groups in total. The largest absolute Gasteiger partial charge is 0.207 e. The van der Waals surface area contributed by atoms with Gasteiger partial charge in [-0.1, -0.05) is 234 Å². The van der Waals surface area contributed by atoms with E-state index in [1.807, 2.05) is 90.9 Å². The lowest BCUT2D eigenvalue weighted by molar-refractivity contribution is 0.565. The van der Waals surface area contributed by atoms with Crippen LogP contribution in [0.15, 0.2) is 291 Å². The lowest BCUT2D eigenvalue weighted by Crippen LogP contribution is -1.96. The van der Waals surface area contributed by atoms with Crippen LogP contribution in [0, 0.1) is 260 Å². The minimum Gasteiger partial charge on any atom is -0.207 e. The van der Waals surface area contributed by atoms with Crippen molar-refractivity contribution in [2.45, 2.75) is 173 Å². The summed E-state index contributed by atoms with van der Waals surface area (Å²) in [4.78, 5) is 0. The number of rotatable bonds is 10. The first-order chi connectivity index (χ1) is 69.8. The molecule has 0 nitrogen and oxygen atoms in total. The molecule has 760 valence electrons. The van der Waals surface area contributed by atoms with Crippen LogP contribution in [-0.2, 0) is 0 Å². The summed E-state index contributed by atoms with van der Waals surface area (Å²) in [7, 11) is 0. The highest BCUT2D eigenvalue weighted by Gasteiger charge is 2.22. The van der Waals surface area contributed by atoms with Crippen LogP contribution in [0.4, 0.5) is 65.9 Å². The summed E-state index contributed by atoms with van der Waals surface area (Å²) >= 11 is 0. The summed E-state index contributed by atoms with van der Waals surface area (Å²) < 4.78 is 204. The smallest absolute Gasteiger partial charge is 0.134 e. The molecule has 0 heterocycles. The number of aryl methyl sites for hydroxylation is 20. The number of hydrogen-bond donors (Lipinski definition) is 0. The summed E-state index contributed by atoms with van der Waals surface area (Å²) in [6.45, 7) is 47.2. The van der Waals surface area contributed by atoms with Crippen molar-refractivity contribution in [3.63, 3.8) is 0 Å².